The first kappa shape index (κ1) is 22.2. The fourth-order valence-corrected chi connectivity index (χ4v) is 2.40. The first-order chi connectivity index (χ1) is 10.8. The van der Waals surface area contributed by atoms with Crippen LogP contribution in [0.1, 0.15) is 84.5 Å². The molecule has 0 aromatic heterocycles. The molecule has 0 heterocycles. The maximum Gasteiger partial charge on any atom is 0.425 e. The first-order valence-corrected chi connectivity index (χ1v) is 8.78. The number of aliphatic hydroxyl groups excluding tert-OH is 1. The summed E-state index contributed by atoms with van der Waals surface area (Å²) in [5, 5.41) is 8.94. The van der Waals surface area contributed by atoms with Gasteiger partial charge in [0.25, 0.3) is 0 Å². The van der Waals surface area contributed by atoms with Crippen molar-refractivity contribution in [2.75, 3.05) is 0 Å². The van der Waals surface area contributed by atoms with E-state index in [0.29, 0.717) is 12.8 Å². The lowest BCUT2D eigenvalue weighted by Crippen LogP contribution is -2.39. The second kappa shape index (κ2) is 12.6. The monoisotopic (exact) mass is 340 g/mol. The van der Waals surface area contributed by atoms with Crippen LogP contribution in [0.25, 0.3) is 0 Å². The average molecular weight is 340 g/mol. The molecule has 1 N–H and O–H groups in total. The number of halogens is 3. The van der Waals surface area contributed by atoms with E-state index >= 15 is 0 Å². The molecule has 0 aliphatic rings. The van der Waals surface area contributed by atoms with Crippen molar-refractivity contribution in [3.05, 3.63) is 0 Å². The standard InChI is InChI=1S/C17H31F3O3/c1-3-5-7-8-9-11-13-14(12-10-6-4-2)23-16(22)15(21)17(18,19)20/h14-15,21H,3-13H2,1-2H3. The Balaban J connectivity index is 4.25. The number of hydrogen-bond donors (Lipinski definition) is 1. The smallest absolute Gasteiger partial charge is 0.425 e. The molecule has 6 heteroatoms. The molecule has 0 spiro atoms. The number of aliphatic hydroxyl groups is 1. The summed E-state index contributed by atoms with van der Waals surface area (Å²) < 4.78 is 41.9. The third-order valence-corrected chi connectivity index (χ3v) is 3.83. The molecule has 0 bridgehead atoms. The van der Waals surface area contributed by atoms with Gasteiger partial charge in [0.2, 0.25) is 6.10 Å². The number of ether oxygens (including phenoxy) is 1. The third-order valence-electron chi connectivity index (χ3n) is 3.83. The predicted molar refractivity (Wildman–Crippen MR) is 84.1 cm³/mol. The van der Waals surface area contributed by atoms with E-state index in [4.69, 9.17) is 9.84 Å². The number of carbonyl (C=O) groups excluding carboxylic acids is 1. The molecule has 0 aromatic rings. The summed E-state index contributed by atoms with van der Waals surface area (Å²) in [6.45, 7) is 4.16. The molecular weight excluding hydrogens is 309 g/mol. The minimum absolute atomic E-state index is 0.530. The molecule has 0 fully saturated rings. The Hall–Kier alpha value is -0.780. The highest BCUT2D eigenvalue weighted by atomic mass is 19.4. The number of alkyl halides is 3. The second-order valence-electron chi connectivity index (χ2n) is 6.06. The zero-order valence-electron chi connectivity index (χ0n) is 14.3. The Labute approximate surface area is 137 Å². The molecule has 0 radical (unpaired) electrons. The van der Waals surface area contributed by atoms with Crippen LogP contribution in [0.3, 0.4) is 0 Å². The molecular formula is C17H31F3O3. The highest BCUT2D eigenvalue weighted by Gasteiger charge is 2.45. The van der Waals surface area contributed by atoms with Crippen LogP contribution in [0.5, 0.6) is 0 Å². The number of hydrogen-bond acceptors (Lipinski definition) is 3. The normalized spacial score (nSPS) is 14.5. The maximum absolute atomic E-state index is 12.3. The fraction of sp³-hybridized carbons (Fsp3) is 0.941. The number of rotatable bonds is 13. The van der Waals surface area contributed by atoms with Gasteiger partial charge in [0.05, 0.1) is 0 Å². The lowest BCUT2D eigenvalue weighted by atomic mass is 10.0. The van der Waals surface area contributed by atoms with E-state index in [-0.39, 0.29) is 0 Å². The Kier molecular flexibility index (Phi) is 12.2. The van der Waals surface area contributed by atoms with Crippen molar-refractivity contribution in [3.63, 3.8) is 0 Å². The van der Waals surface area contributed by atoms with Crippen molar-refractivity contribution in [1.29, 1.82) is 0 Å². The minimum Gasteiger partial charge on any atom is -0.460 e. The van der Waals surface area contributed by atoms with Crippen LogP contribution in [-0.2, 0) is 9.53 Å². The van der Waals surface area contributed by atoms with Gasteiger partial charge >= 0.3 is 12.1 Å². The fourth-order valence-electron chi connectivity index (χ4n) is 2.40. The Bertz CT molecular complexity index is 306. The zero-order valence-corrected chi connectivity index (χ0v) is 14.3. The van der Waals surface area contributed by atoms with Gasteiger partial charge in [-0.3, -0.25) is 0 Å². The summed E-state index contributed by atoms with van der Waals surface area (Å²) in [7, 11) is 0. The van der Waals surface area contributed by atoms with Crippen molar-refractivity contribution in [2.45, 2.75) is 103 Å². The lowest BCUT2D eigenvalue weighted by Gasteiger charge is -2.21. The summed E-state index contributed by atoms with van der Waals surface area (Å²) >= 11 is 0. The molecule has 2 unspecified atom stereocenters. The molecule has 23 heavy (non-hydrogen) atoms. The Morgan fingerprint density at radius 1 is 0.913 bits per heavy atom. The van der Waals surface area contributed by atoms with Crippen molar-refractivity contribution < 1.29 is 27.8 Å². The molecule has 0 rings (SSSR count). The van der Waals surface area contributed by atoms with Gasteiger partial charge in [-0.15, -0.1) is 0 Å². The summed E-state index contributed by atoms with van der Waals surface area (Å²) in [6.07, 6.45) is 1.74. The quantitative estimate of drug-likeness (QED) is 0.372. The second-order valence-corrected chi connectivity index (χ2v) is 6.06. The predicted octanol–water partition coefficient (Wildman–Crippen LogP) is 5.15. The molecule has 138 valence electrons. The summed E-state index contributed by atoms with van der Waals surface area (Å²) in [5.74, 6) is -1.58. The SMILES string of the molecule is CCCCCCCCC(CCCCC)OC(=O)C(O)C(F)(F)F. The molecule has 0 aromatic carbocycles. The maximum atomic E-state index is 12.3. The van der Waals surface area contributed by atoms with Gasteiger partial charge in [-0.05, 0) is 25.7 Å². The molecule has 0 saturated heterocycles. The molecule has 0 aliphatic carbocycles. The van der Waals surface area contributed by atoms with Gasteiger partial charge in [0.1, 0.15) is 6.10 Å². The third kappa shape index (κ3) is 11.4. The average Bonchev–Trinajstić information content (AvgIpc) is 2.48. The highest BCUT2D eigenvalue weighted by molar-refractivity contribution is 5.75. The minimum atomic E-state index is -4.97. The van der Waals surface area contributed by atoms with Gasteiger partial charge in [-0.1, -0.05) is 58.8 Å². The van der Waals surface area contributed by atoms with E-state index in [1.54, 1.807) is 0 Å². The summed E-state index contributed by atoms with van der Waals surface area (Å²) in [4.78, 5) is 11.4. The molecule has 2 atom stereocenters. The number of esters is 1. The van der Waals surface area contributed by atoms with Gasteiger partial charge in [0.15, 0.2) is 0 Å². The van der Waals surface area contributed by atoms with Crippen LogP contribution in [0.15, 0.2) is 0 Å². The van der Waals surface area contributed by atoms with E-state index in [0.717, 1.165) is 51.4 Å². The summed E-state index contributed by atoms with van der Waals surface area (Å²) in [5.41, 5.74) is 0. The van der Waals surface area contributed by atoms with Gasteiger partial charge < -0.3 is 9.84 Å². The van der Waals surface area contributed by atoms with Crippen molar-refractivity contribution in [2.24, 2.45) is 0 Å². The van der Waals surface area contributed by atoms with Gasteiger partial charge in [0, 0.05) is 0 Å². The summed E-state index contributed by atoms with van der Waals surface area (Å²) in [6, 6.07) is 0. The zero-order chi connectivity index (χ0) is 17.7. The van der Waals surface area contributed by atoms with Crippen LogP contribution in [0.2, 0.25) is 0 Å². The van der Waals surface area contributed by atoms with Crippen LogP contribution in [-0.4, -0.2) is 29.5 Å². The van der Waals surface area contributed by atoms with Crippen LogP contribution in [0, 0.1) is 0 Å². The van der Waals surface area contributed by atoms with E-state index in [1.807, 2.05) is 6.92 Å². The van der Waals surface area contributed by atoms with Crippen molar-refractivity contribution >= 4 is 5.97 Å². The van der Waals surface area contributed by atoms with Crippen molar-refractivity contribution in [1.82, 2.24) is 0 Å². The molecule has 0 aliphatic heterocycles. The van der Waals surface area contributed by atoms with Crippen molar-refractivity contribution in [3.8, 4) is 0 Å². The van der Waals surface area contributed by atoms with Gasteiger partial charge in [-0.25, -0.2) is 4.79 Å². The first-order valence-electron chi connectivity index (χ1n) is 8.78. The molecule has 0 amide bonds. The number of unbranched alkanes of at least 4 members (excludes halogenated alkanes) is 7. The van der Waals surface area contributed by atoms with Crippen LogP contribution < -0.4 is 0 Å². The lowest BCUT2D eigenvalue weighted by molar-refractivity contribution is -0.221. The highest BCUT2D eigenvalue weighted by Crippen LogP contribution is 2.23. The van der Waals surface area contributed by atoms with E-state index in [2.05, 4.69) is 6.92 Å². The largest absolute Gasteiger partial charge is 0.460 e. The van der Waals surface area contributed by atoms with Crippen LogP contribution >= 0.6 is 0 Å². The Morgan fingerprint density at radius 2 is 1.35 bits per heavy atom. The van der Waals surface area contributed by atoms with E-state index < -0.39 is 24.4 Å². The molecule has 0 saturated carbocycles. The van der Waals surface area contributed by atoms with E-state index in [9.17, 15) is 18.0 Å². The van der Waals surface area contributed by atoms with Gasteiger partial charge in [-0.2, -0.15) is 13.2 Å². The van der Waals surface area contributed by atoms with E-state index in [1.165, 1.54) is 6.42 Å². The molecule has 3 nitrogen and oxygen atoms in total. The topological polar surface area (TPSA) is 46.5 Å². The Morgan fingerprint density at radius 3 is 1.87 bits per heavy atom. The number of carbonyl (C=O) groups is 1. The van der Waals surface area contributed by atoms with Crippen LogP contribution in [0.4, 0.5) is 13.2 Å².